The fraction of sp³-hybridized carbons (Fsp3) is 0.462. The van der Waals surface area contributed by atoms with Gasteiger partial charge in [0.15, 0.2) is 0 Å². The van der Waals surface area contributed by atoms with E-state index in [-0.39, 0.29) is 10.8 Å². The number of carbonyl (C=O) groups excluding carboxylic acids is 1. The Hall–Kier alpha value is -3.16. The van der Waals surface area contributed by atoms with E-state index >= 15 is 0 Å². The molecule has 0 radical (unpaired) electrons. The molecule has 1 aliphatic carbocycles. The van der Waals surface area contributed by atoms with Gasteiger partial charge in [0.1, 0.15) is 0 Å². The van der Waals surface area contributed by atoms with Crippen LogP contribution in [0.4, 0.5) is 18.9 Å². The number of anilines is 1. The lowest BCUT2D eigenvalue weighted by molar-refractivity contribution is -0.192. The summed E-state index contributed by atoms with van der Waals surface area (Å²) in [5, 5.41) is 10.2. The molecule has 39 heavy (non-hydrogen) atoms. The molecule has 1 heterocycles. The van der Waals surface area contributed by atoms with Crippen molar-refractivity contribution >= 4 is 27.6 Å². The number of carboxylic acid groups (broad SMARTS) is 1. The first-order valence-corrected chi connectivity index (χ1v) is 13.8. The van der Waals surface area contributed by atoms with Crippen molar-refractivity contribution in [2.45, 2.75) is 43.2 Å². The average Bonchev–Trinajstić information content (AvgIpc) is 3.68. The maximum absolute atomic E-state index is 12.9. The van der Waals surface area contributed by atoms with Crippen LogP contribution in [0.15, 0.2) is 47.4 Å². The van der Waals surface area contributed by atoms with Crippen LogP contribution in [0.3, 0.4) is 0 Å². The van der Waals surface area contributed by atoms with E-state index in [1.54, 1.807) is 25.1 Å². The molecule has 2 aromatic rings. The molecule has 4 rings (SSSR count). The SMILES string of the molecule is Cc1ccc(C)c(S(=O)(=O)Nc2ccc(C3(C(=O)NCCN4CCOCC4)CC3)cc2)c1.O=C(O)C(F)(F)F. The molecule has 3 N–H and O–H groups in total. The number of rotatable bonds is 8. The van der Waals surface area contributed by atoms with Crippen LogP contribution in [-0.2, 0) is 29.8 Å². The van der Waals surface area contributed by atoms with Gasteiger partial charge in [-0.3, -0.25) is 14.4 Å². The van der Waals surface area contributed by atoms with E-state index in [1.807, 2.05) is 31.2 Å². The van der Waals surface area contributed by atoms with Crippen molar-refractivity contribution in [2.24, 2.45) is 0 Å². The predicted octanol–water partition coefficient (Wildman–Crippen LogP) is 3.22. The highest BCUT2D eigenvalue weighted by molar-refractivity contribution is 7.92. The molecule has 0 spiro atoms. The van der Waals surface area contributed by atoms with Crippen molar-refractivity contribution in [1.82, 2.24) is 10.2 Å². The van der Waals surface area contributed by atoms with Gasteiger partial charge >= 0.3 is 12.1 Å². The van der Waals surface area contributed by atoms with Crippen LogP contribution in [-0.4, -0.2) is 75.9 Å². The molecule has 0 unspecified atom stereocenters. The third-order valence-corrected chi connectivity index (χ3v) is 8.09. The summed E-state index contributed by atoms with van der Waals surface area (Å²) in [6, 6.07) is 12.6. The number of hydrogen-bond acceptors (Lipinski definition) is 6. The zero-order valence-electron chi connectivity index (χ0n) is 21.7. The first-order chi connectivity index (χ1) is 18.2. The summed E-state index contributed by atoms with van der Waals surface area (Å²) in [4.78, 5) is 24.3. The van der Waals surface area contributed by atoms with E-state index < -0.39 is 27.6 Å². The molecular formula is C26H32F3N3O6S. The van der Waals surface area contributed by atoms with Gasteiger partial charge in [-0.05, 0) is 61.6 Å². The smallest absolute Gasteiger partial charge is 0.475 e. The van der Waals surface area contributed by atoms with Crippen LogP contribution in [0.2, 0.25) is 0 Å². The number of aryl methyl sites for hydroxylation is 2. The Morgan fingerprint density at radius 2 is 1.64 bits per heavy atom. The van der Waals surface area contributed by atoms with Gasteiger partial charge in [-0.2, -0.15) is 13.2 Å². The topological polar surface area (TPSA) is 125 Å². The number of morpholine rings is 1. The third kappa shape index (κ3) is 8.16. The van der Waals surface area contributed by atoms with Crippen LogP contribution in [0, 0.1) is 13.8 Å². The van der Waals surface area contributed by atoms with Crippen LogP contribution < -0.4 is 10.0 Å². The van der Waals surface area contributed by atoms with E-state index in [4.69, 9.17) is 14.6 Å². The van der Waals surface area contributed by atoms with Gasteiger partial charge in [-0.25, -0.2) is 13.2 Å². The minimum Gasteiger partial charge on any atom is -0.475 e. The second-order valence-corrected chi connectivity index (χ2v) is 11.2. The van der Waals surface area contributed by atoms with Gasteiger partial charge in [0.25, 0.3) is 10.0 Å². The largest absolute Gasteiger partial charge is 0.490 e. The van der Waals surface area contributed by atoms with Crippen LogP contribution in [0.5, 0.6) is 0 Å². The molecule has 1 amide bonds. The second-order valence-electron chi connectivity index (χ2n) is 9.55. The summed E-state index contributed by atoms with van der Waals surface area (Å²) in [6.07, 6.45) is -3.46. The molecule has 0 bridgehead atoms. The quantitative estimate of drug-likeness (QED) is 0.444. The maximum Gasteiger partial charge on any atom is 0.490 e. The highest BCUT2D eigenvalue weighted by Crippen LogP contribution is 2.48. The van der Waals surface area contributed by atoms with Crippen LogP contribution >= 0.6 is 0 Å². The molecule has 1 saturated heterocycles. The van der Waals surface area contributed by atoms with E-state index in [9.17, 15) is 26.4 Å². The standard InChI is InChI=1S/C24H31N3O4S.C2HF3O2/c1-18-3-4-19(2)22(17-18)32(29,30)26-21-7-5-20(6-8-21)24(9-10-24)23(28)25-11-12-27-13-15-31-16-14-27;3-2(4,5)1(6)7/h3-8,17,26H,9-16H2,1-2H3,(H,25,28);(H,6,7). The number of amides is 1. The highest BCUT2D eigenvalue weighted by atomic mass is 32.2. The van der Waals surface area contributed by atoms with Gasteiger partial charge in [0.2, 0.25) is 5.91 Å². The molecule has 214 valence electrons. The number of halogens is 3. The number of nitrogens with zero attached hydrogens (tertiary/aromatic N) is 1. The molecule has 13 heteroatoms. The predicted molar refractivity (Wildman–Crippen MR) is 138 cm³/mol. The molecule has 2 fully saturated rings. The molecule has 0 atom stereocenters. The number of sulfonamides is 1. The second kappa shape index (κ2) is 12.3. The highest BCUT2D eigenvalue weighted by Gasteiger charge is 2.51. The number of ether oxygens (including phenoxy) is 1. The summed E-state index contributed by atoms with van der Waals surface area (Å²) in [6.45, 7) is 8.40. The van der Waals surface area contributed by atoms with Crippen molar-refractivity contribution in [3.8, 4) is 0 Å². The van der Waals surface area contributed by atoms with Crippen LogP contribution in [0.1, 0.15) is 29.5 Å². The van der Waals surface area contributed by atoms with Gasteiger partial charge in [0.05, 0.1) is 23.5 Å². The lowest BCUT2D eigenvalue weighted by Gasteiger charge is -2.27. The minimum absolute atomic E-state index is 0.0504. The van der Waals surface area contributed by atoms with E-state index in [0.29, 0.717) is 17.8 Å². The van der Waals surface area contributed by atoms with Gasteiger partial charge in [0, 0.05) is 31.9 Å². The summed E-state index contributed by atoms with van der Waals surface area (Å²) in [5.41, 5.74) is 2.51. The van der Waals surface area contributed by atoms with E-state index in [2.05, 4.69) is 14.9 Å². The van der Waals surface area contributed by atoms with Crippen molar-refractivity contribution in [2.75, 3.05) is 44.1 Å². The molecule has 1 aliphatic heterocycles. The summed E-state index contributed by atoms with van der Waals surface area (Å²) in [7, 11) is -3.68. The molecule has 2 aliphatic rings. The number of carbonyl (C=O) groups is 2. The number of carboxylic acids is 1. The fourth-order valence-electron chi connectivity index (χ4n) is 4.16. The normalized spacial score (nSPS) is 16.9. The number of nitrogens with one attached hydrogen (secondary N) is 2. The Kier molecular flexibility index (Phi) is 9.62. The Morgan fingerprint density at radius 1 is 1.05 bits per heavy atom. The Balaban J connectivity index is 0.000000532. The summed E-state index contributed by atoms with van der Waals surface area (Å²) >= 11 is 0. The minimum atomic E-state index is -5.08. The zero-order chi connectivity index (χ0) is 28.8. The summed E-state index contributed by atoms with van der Waals surface area (Å²) in [5.74, 6) is -2.71. The Morgan fingerprint density at radius 3 is 2.18 bits per heavy atom. The van der Waals surface area contributed by atoms with Crippen molar-refractivity contribution in [3.63, 3.8) is 0 Å². The van der Waals surface area contributed by atoms with E-state index in [0.717, 1.165) is 56.8 Å². The van der Waals surface area contributed by atoms with Crippen LogP contribution in [0.25, 0.3) is 0 Å². The number of benzene rings is 2. The molecule has 0 aromatic heterocycles. The lowest BCUT2D eigenvalue weighted by atomic mass is 9.95. The third-order valence-electron chi connectivity index (χ3n) is 6.57. The lowest BCUT2D eigenvalue weighted by Crippen LogP contribution is -2.43. The van der Waals surface area contributed by atoms with E-state index in [1.165, 1.54) is 0 Å². The Bertz CT molecular complexity index is 1270. The average molecular weight is 572 g/mol. The number of aliphatic carboxylic acids is 1. The van der Waals surface area contributed by atoms with Gasteiger partial charge in [-0.1, -0.05) is 24.3 Å². The van der Waals surface area contributed by atoms with Crippen molar-refractivity contribution in [3.05, 3.63) is 59.2 Å². The monoisotopic (exact) mass is 571 g/mol. The number of alkyl halides is 3. The molecule has 1 saturated carbocycles. The Labute approximate surface area is 225 Å². The zero-order valence-corrected chi connectivity index (χ0v) is 22.5. The maximum atomic E-state index is 12.9. The van der Waals surface area contributed by atoms with Gasteiger partial charge in [-0.15, -0.1) is 0 Å². The molecule has 2 aromatic carbocycles. The first kappa shape index (κ1) is 30.4. The summed E-state index contributed by atoms with van der Waals surface area (Å²) < 4.78 is 65.4. The molecular weight excluding hydrogens is 539 g/mol. The number of hydrogen-bond donors (Lipinski definition) is 3. The van der Waals surface area contributed by atoms with Gasteiger partial charge < -0.3 is 15.2 Å². The molecule has 9 nitrogen and oxygen atoms in total. The first-order valence-electron chi connectivity index (χ1n) is 12.3. The van der Waals surface area contributed by atoms with Crippen molar-refractivity contribution in [1.29, 1.82) is 0 Å². The van der Waals surface area contributed by atoms with Crippen molar-refractivity contribution < 1.29 is 41.0 Å². The fourth-order valence-corrected chi connectivity index (χ4v) is 5.55.